The Morgan fingerprint density at radius 2 is 2.17 bits per heavy atom. The number of amides is 1. The van der Waals surface area contributed by atoms with Crippen molar-refractivity contribution in [3.8, 4) is 5.75 Å². The normalized spacial score (nSPS) is 12.9. The number of benzene rings is 1. The number of carbonyl (C=O) groups is 1. The van der Waals surface area contributed by atoms with Crippen molar-refractivity contribution in [2.24, 2.45) is 0 Å². The molecule has 6 nitrogen and oxygen atoms in total. The lowest BCUT2D eigenvalue weighted by Gasteiger charge is -2.19. The predicted molar refractivity (Wildman–Crippen MR) is 66.3 cm³/mol. The number of ether oxygens (including phenoxy) is 1. The molecule has 0 aliphatic heterocycles. The summed E-state index contributed by atoms with van der Waals surface area (Å²) in [6.45, 7) is 1.22. The van der Waals surface area contributed by atoms with Crippen LogP contribution in [-0.4, -0.2) is 28.6 Å². The first-order valence-corrected chi connectivity index (χ1v) is 6.96. The molecule has 7 heteroatoms. The maximum Gasteiger partial charge on any atom is 0.347 e. The lowest BCUT2D eigenvalue weighted by Crippen LogP contribution is -2.34. The molecule has 0 spiro atoms. The highest BCUT2D eigenvalue weighted by molar-refractivity contribution is 7.52. The SMILES string of the molecule is COc1cccc(C[C@H](NC(C)=O)P(=O)(O)O)c1. The van der Waals surface area contributed by atoms with Gasteiger partial charge in [0.1, 0.15) is 11.5 Å². The summed E-state index contributed by atoms with van der Waals surface area (Å²) in [6, 6.07) is 6.84. The van der Waals surface area contributed by atoms with Crippen LogP contribution in [-0.2, 0) is 15.8 Å². The van der Waals surface area contributed by atoms with E-state index in [4.69, 9.17) is 4.74 Å². The van der Waals surface area contributed by atoms with Crippen molar-refractivity contribution in [3.05, 3.63) is 29.8 Å². The van der Waals surface area contributed by atoms with Gasteiger partial charge in [-0.05, 0) is 17.7 Å². The summed E-state index contributed by atoms with van der Waals surface area (Å²) in [5.41, 5.74) is 0.677. The molecule has 0 unspecified atom stereocenters. The maximum absolute atomic E-state index is 11.3. The molecule has 0 fully saturated rings. The summed E-state index contributed by atoms with van der Waals surface area (Å²) in [5, 5.41) is 2.26. The minimum Gasteiger partial charge on any atom is -0.497 e. The summed E-state index contributed by atoms with van der Waals surface area (Å²) in [4.78, 5) is 29.3. The Bertz CT molecular complexity index is 470. The summed E-state index contributed by atoms with van der Waals surface area (Å²) in [6.07, 6.45) is 0.0427. The average Bonchev–Trinajstić information content (AvgIpc) is 2.26. The van der Waals surface area contributed by atoms with Crippen LogP contribution in [0.15, 0.2) is 24.3 Å². The third-order valence-electron chi connectivity index (χ3n) is 2.34. The van der Waals surface area contributed by atoms with Gasteiger partial charge in [-0.1, -0.05) is 12.1 Å². The molecule has 0 saturated carbocycles. The molecule has 1 aromatic rings. The highest BCUT2D eigenvalue weighted by Crippen LogP contribution is 2.41. The van der Waals surface area contributed by atoms with E-state index in [1.807, 2.05) is 0 Å². The second kappa shape index (κ2) is 6.00. The summed E-state index contributed by atoms with van der Waals surface area (Å²) in [5.74, 6) is -1.10. The molecule has 0 radical (unpaired) electrons. The lowest BCUT2D eigenvalue weighted by molar-refractivity contribution is -0.119. The van der Waals surface area contributed by atoms with Crippen LogP contribution >= 0.6 is 7.60 Å². The fourth-order valence-electron chi connectivity index (χ4n) is 1.51. The zero-order chi connectivity index (χ0) is 13.8. The van der Waals surface area contributed by atoms with Crippen molar-refractivity contribution < 1.29 is 23.9 Å². The molecule has 1 rings (SSSR count). The Morgan fingerprint density at radius 3 is 2.67 bits per heavy atom. The van der Waals surface area contributed by atoms with Crippen LogP contribution in [0.1, 0.15) is 12.5 Å². The topological polar surface area (TPSA) is 95.9 Å². The quantitative estimate of drug-likeness (QED) is 0.692. The predicted octanol–water partition coefficient (Wildman–Crippen LogP) is 0.878. The molecule has 100 valence electrons. The maximum atomic E-state index is 11.3. The minimum absolute atomic E-state index is 0.0427. The van der Waals surface area contributed by atoms with Gasteiger partial charge in [-0.3, -0.25) is 9.36 Å². The molecule has 18 heavy (non-hydrogen) atoms. The highest BCUT2D eigenvalue weighted by atomic mass is 31.2. The molecular weight excluding hydrogens is 257 g/mol. The number of hydrogen-bond acceptors (Lipinski definition) is 3. The zero-order valence-electron chi connectivity index (χ0n) is 10.2. The van der Waals surface area contributed by atoms with Crippen LogP contribution in [0.3, 0.4) is 0 Å². The molecule has 0 saturated heterocycles. The van der Waals surface area contributed by atoms with Crippen molar-refractivity contribution >= 4 is 13.5 Å². The molecule has 1 amide bonds. The van der Waals surface area contributed by atoms with E-state index >= 15 is 0 Å². The second-order valence-electron chi connectivity index (χ2n) is 3.86. The van der Waals surface area contributed by atoms with Gasteiger partial charge >= 0.3 is 7.60 Å². The van der Waals surface area contributed by atoms with E-state index in [-0.39, 0.29) is 6.42 Å². The smallest absolute Gasteiger partial charge is 0.347 e. The molecular formula is C11H16NO5P. The van der Waals surface area contributed by atoms with Crippen molar-refractivity contribution in [3.63, 3.8) is 0 Å². The Balaban J connectivity index is 2.88. The van der Waals surface area contributed by atoms with Crippen LogP contribution in [0.4, 0.5) is 0 Å². The molecule has 0 aromatic heterocycles. The standard InChI is InChI=1S/C11H16NO5P/c1-8(13)12-11(18(14,15)16)7-9-4-3-5-10(6-9)17-2/h3-6,11H,7H2,1-2H3,(H,12,13)(H2,14,15,16)/t11-/m1/s1. The Labute approximate surface area is 105 Å². The Kier molecular flexibility index (Phi) is 4.90. The number of nitrogens with one attached hydrogen (secondary N) is 1. The molecule has 1 aromatic carbocycles. The molecule has 0 heterocycles. The van der Waals surface area contributed by atoms with Gasteiger partial charge in [0.25, 0.3) is 0 Å². The van der Waals surface area contributed by atoms with Crippen molar-refractivity contribution in [2.75, 3.05) is 7.11 Å². The van der Waals surface area contributed by atoms with Gasteiger partial charge in [0.15, 0.2) is 0 Å². The number of hydrogen-bond donors (Lipinski definition) is 3. The zero-order valence-corrected chi connectivity index (χ0v) is 11.1. The van der Waals surface area contributed by atoms with Gasteiger partial charge in [0, 0.05) is 13.3 Å². The van der Waals surface area contributed by atoms with Gasteiger partial charge in [0.05, 0.1) is 7.11 Å². The summed E-state index contributed by atoms with van der Waals surface area (Å²) in [7, 11) is -2.88. The lowest BCUT2D eigenvalue weighted by atomic mass is 10.1. The first-order chi connectivity index (χ1) is 8.32. The second-order valence-corrected chi connectivity index (χ2v) is 5.66. The van der Waals surface area contributed by atoms with E-state index in [0.717, 1.165) is 0 Å². The first-order valence-electron chi connectivity index (χ1n) is 5.28. The van der Waals surface area contributed by atoms with Crippen molar-refractivity contribution in [1.29, 1.82) is 0 Å². The fraction of sp³-hybridized carbons (Fsp3) is 0.364. The van der Waals surface area contributed by atoms with Crippen LogP contribution in [0, 0.1) is 0 Å². The van der Waals surface area contributed by atoms with Crippen LogP contribution in [0.25, 0.3) is 0 Å². The van der Waals surface area contributed by atoms with Gasteiger partial charge in [0.2, 0.25) is 5.91 Å². The highest BCUT2D eigenvalue weighted by Gasteiger charge is 2.29. The molecule has 3 N–H and O–H groups in total. The first kappa shape index (κ1) is 14.7. The number of carbonyl (C=O) groups excluding carboxylic acids is 1. The number of methoxy groups -OCH3 is 1. The van der Waals surface area contributed by atoms with Crippen molar-refractivity contribution in [1.82, 2.24) is 5.32 Å². The van der Waals surface area contributed by atoms with Crippen molar-refractivity contribution in [2.45, 2.75) is 19.1 Å². The molecule has 0 bridgehead atoms. The Hall–Kier alpha value is -1.36. The average molecular weight is 273 g/mol. The van der Waals surface area contributed by atoms with Gasteiger partial charge in [-0.25, -0.2) is 0 Å². The van der Waals surface area contributed by atoms with E-state index in [1.54, 1.807) is 24.3 Å². The summed E-state index contributed by atoms with van der Waals surface area (Å²) < 4.78 is 16.3. The third-order valence-corrected chi connectivity index (χ3v) is 3.46. The Morgan fingerprint density at radius 1 is 1.50 bits per heavy atom. The van der Waals surface area contributed by atoms with Gasteiger partial charge < -0.3 is 19.8 Å². The molecule has 1 atom stereocenters. The van der Waals surface area contributed by atoms with E-state index in [9.17, 15) is 19.1 Å². The van der Waals surface area contributed by atoms with E-state index in [1.165, 1.54) is 14.0 Å². The van der Waals surface area contributed by atoms with Crippen LogP contribution in [0.5, 0.6) is 5.75 Å². The monoisotopic (exact) mass is 273 g/mol. The molecule has 0 aliphatic carbocycles. The number of rotatable bonds is 5. The van der Waals surface area contributed by atoms with E-state index in [2.05, 4.69) is 5.32 Å². The largest absolute Gasteiger partial charge is 0.497 e. The fourth-order valence-corrected chi connectivity index (χ4v) is 2.31. The van der Waals surface area contributed by atoms with Gasteiger partial charge in [-0.15, -0.1) is 0 Å². The molecule has 0 aliphatic rings. The van der Waals surface area contributed by atoms with Gasteiger partial charge in [-0.2, -0.15) is 0 Å². The van der Waals surface area contributed by atoms with Crippen LogP contribution < -0.4 is 10.1 Å². The minimum atomic E-state index is -4.39. The van der Waals surface area contributed by atoms with Crippen LogP contribution in [0.2, 0.25) is 0 Å². The van der Waals surface area contributed by atoms with E-state index in [0.29, 0.717) is 11.3 Å². The summed E-state index contributed by atoms with van der Waals surface area (Å²) >= 11 is 0. The third kappa shape index (κ3) is 4.49. The van der Waals surface area contributed by atoms with E-state index < -0.39 is 19.3 Å².